The molecule has 1 saturated heterocycles. The van der Waals surface area contributed by atoms with Gasteiger partial charge < -0.3 is 15.4 Å². The molecule has 2 amide bonds. The second-order valence-corrected chi connectivity index (χ2v) is 4.04. The normalized spacial score (nSPS) is 22.4. The zero-order chi connectivity index (χ0) is 12.0. The molecule has 1 rings (SSSR count). The van der Waals surface area contributed by atoms with Gasteiger partial charge in [-0.1, -0.05) is 6.92 Å². The molecule has 0 aromatic rings. The Kier molecular flexibility index (Phi) is 5.21. The molecule has 0 bridgehead atoms. The minimum Gasteiger partial charge on any atom is -0.384 e. The summed E-state index contributed by atoms with van der Waals surface area (Å²) in [7, 11) is 1.64. The number of carbonyl (C=O) groups is 2. The summed E-state index contributed by atoms with van der Waals surface area (Å²) in [5, 5.41) is 8.33. The Labute approximate surface area is 95.1 Å². The monoisotopic (exact) mass is 229 g/mol. The molecule has 2 atom stereocenters. The summed E-state index contributed by atoms with van der Waals surface area (Å²) >= 11 is 0. The van der Waals surface area contributed by atoms with Crippen molar-refractivity contribution >= 4 is 11.8 Å². The third kappa shape index (κ3) is 4.16. The Morgan fingerprint density at radius 2 is 2.44 bits per heavy atom. The van der Waals surface area contributed by atoms with E-state index in [2.05, 4.69) is 16.0 Å². The number of hydrogen-bond donors (Lipinski definition) is 3. The maximum Gasteiger partial charge on any atom is 0.238 e. The third-order valence-corrected chi connectivity index (χ3v) is 2.40. The van der Waals surface area contributed by atoms with Gasteiger partial charge in [0.25, 0.3) is 0 Å². The van der Waals surface area contributed by atoms with Crippen LogP contribution in [0.4, 0.5) is 0 Å². The second-order valence-electron chi connectivity index (χ2n) is 4.04. The van der Waals surface area contributed by atoms with Crippen LogP contribution in [0.3, 0.4) is 0 Å². The van der Waals surface area contributed by atoms with E-state index in [1.165, 1.54) is 0 Å². The van der Waals surface area contributed by atoms with Crippen molar-refractivity contribution in [1.82, 2.24) is 16.0 Å². The van der Waals surface area contributed by atoms with Crippen LogP contribution < -0.4 is 16.0 Å². The number of methoxy groups -OCH3 is 1. The van der Waals surface area contributed by atoms with Crippen LogP contribution in [-0.2, 0) is 14.3 Å². The van der Waals surface area contributed by atoms with Crippen molar-refractivity contribution in [3.05, 3.63) is 0 Å². The maximum absolute atomic E-state index is 11.6. The van der Waals surface area contributed by atoms with Crippen LogP contribution in [-0.4, -0.2) is 51.2 Å². The summed E-state index contributed by atoms with van der Waals surface area (Å²) in [4.78, 5) is 22.5. The fraction of sp³-hybridized carbons (Fsp3) is 0.800. The molecule has 0 aliphatic carbocycles. The number of rotatable bonds is 5. The highest BCUT2D eigenvalue weighted by molar-refractivity contribution is 5.86. The molecule has 16 heavy (non-hydrogen) atoms. The van der Waals surface area contributed by atoms with E-state index in [1.54, 1.807) is 7.11 Å². The highest BCUT2D eigenvalue weighted by Crippen LogP contribution is 1.94. The average molecular weight is 229 g/mol. The Hall–Kier alpha value is -1.14. The molecule has 0 spiro atoms. The molecule has 92 valence electrons. The lowest BCUT2D eigenvalue weighted by atomic mass is 10.1. The van der Waals surface area contributed by atoms with Gasteiger partial charge in [-0.25, -0.2) is 0 Å². The Balaban J connectivity index is 2.22. The predicted molar refractivity (Wildman–Crippen MR) is 58.9 cm³/mol. The van der Waals surface area contributed by atoms with Gasteiger partial charge in [-0.05, 0) is 5.92 Å². The first kappa shape index (κ1) is 12.9. The molecule has 0 radical (unpaired) electrons. The molecule has 1 aliphatic heterocycles. The zero-order valence-electron chi connectivity index (χ0n) is 9.71. The van der Waals surface area contributed by atoms with Crippen LogP contribution in [0.2, 0.25) is 0 Å². The Morgan fingerprint density at radius 3 is 3.00 bits per heavy atom. The Morgan fingerprint density at radius 1 is 1.69 bits per heavy atom. The van der Waals surface area contributed by atoms with Gasteiger partial charge in [0.15, 0.2) is 0 Å². The first-order valence-corrected chi connectivity index (χ1v) is 5.40. The van der Waals surface area contributed by atoms with Crippen LogP contribution >= 0.6 is 0 Å². The highest BCUT2D eigenvalue weighted by atomic mass is 16.5. The third-order valence-electron chi connectivity index (χ3n) is 2.40. The largest absolute Gasteiger partial charge is 0.384 e. The van der Waals surface area contributed by atoms with E-state index in [9.17, 15) is 9.59 Å². The lowest BCUT2D eigenvalue weighted by Crippen LogP contribution is -2.58. The molecule has 0 saturated carbocycles. The molecular weight excluding hydrogens is 210 g/mol. The highest BCUT2D eigenvalue weighted by Gasteiger charge is 2.23. The molecule has 6 heteroatoms. The maximum atomic E-state index is 11.6. The number of ether oxygens (including phenoxy) is 1. The molecular formula is C10H19N3O3. The molecule has 1 fully saturated rings. The lowest BCUT2D eigenvalue weighted by Gasteiger charge is -2.23. The molecule has 0 aromatic carbocycles. The molecule has 0 aromatic heterocycles. The van der Waals surface area contributed by atoms with Gasteiger partial charge in [-0.3, -0.25) is 14.9 Å². The van der Waals surface area contributed by atoms with E-state index < -0.39 is 0 Å². The van der Waals surface area contributed by atoms with Gasteiger partial charge in [0.05, 0.1) is 13.2 Å². The van der Waals surface area contributed by atoms with E-state index in [0.717, 1.165) is 0 Å². The Bertz CT molecular complexity index is 248. The van der Waals surface area contributed by atoms with Crippen LogP contribution in [0.5, 0.6) is 0 Å². The van der Waals surface area contributed by atoms with E-state index >= 15 is 0 Å². The topological polar surface area (TPSA) is 79.5 Å². The summed E-state index contributed by atoms with van der Waals surface area (Å²) in [5.41, 5.74) is 0. The first-order chi connectivity index (χ1) is 7.63. The minimum absolute atomic E-state index is 0.0724. The van der Waals surface area contributed by atoms with Gasteiger partial charge >= 0.3 is 0 Å². The molecule has 1 aliphatic rings. The molecule has 1 heterocycles. The van der Waals surface area contributed by atoms with Crippen molar-refractivity contribution in [2.45, 2.75) is 13.0 Å². The smallest absolute Gasteiger partial charge is 0.238 e. The number of amides is 2. The van der Waals surface area contributed by atoms with E-state index in [1.807, 2.05) is 6.92 Å². The number of hydrogen-bond acceptors (Lipinski definition) is 4. The van der Waals surface area contributed by atoms with E-state index in [4.69, 9.17) is 4.74 Å². The van der Waals surface area contributed by atoms with Gasteiger partial charge in [0.2, 0.25) is 11.8 Å². The van der Waals surface area contributed by atoms with Gasteiger partial charge in [-0.15, -0.1) is 0 Å². The van der Waals surface area contributed by atoms with E-state index in [0.29, 0.717) is 19.7 Å². The van der Waals surface area contributed by atoms with Crippen molar-refractivity contribution in [3.8, 4) is 0 Å². The number of piperazine rings is 1. The van der Waals surface area contributed by atoms with Crippen LogP contribution in [0.1, 0.15) is 6.92 Å². The van der Waals surface area contributed by atoms with Gasteiger partial charge in [-0.2, -0.15) is 0 Å². The zero-order valence-corrected chi connectivity index (χ0v) is 9.71. The average Bonchev–Trinajstić information content (AvgIpc) is 2.27. The fourth-order valence-electron chi connectivity index (χ4n) is 1.49. The second kappa shape index (κ2) is 6.44. The molecule has 3 N–H and O–H groups in total. The van der Waals surface area contributed by atoms with Crippen LogP contribution in [0.15, 0.2) is 0 Å². The van der Waals surface area contributed by atoms with Gasteiger partial charge in [0.1, 0.15) is 6.04 Å². The molecule has 2 unspecified atom stereocenters. The minimum atomic E-state index is -0.326. The quantitative estimate of drug-likeness (QED) is 0.534. The van der Waals surface area contributed by atoms with Crippen LogP contribution in [0, 0.1) is 5.92 Å². The van der Waals surface area contributed by atoms with Crippen molar-refractivity contribution < 1.29 is 14.3 Å². The van der Waals surface area contributed by atoms with Crippen molar-refractivity contribution in [2.75, 3.05) is 33.4 Å². The standard InChI is InChI=1S/C10H19N3O3/c1-7(6-16-2)3-13-10(15)8-4-12-9(14)5-11-8/h7-8,11H,3-6H2,1-2H3,(H,12,14)(H,13,15). The van der Waals surface area contributed by atoms with Crippen molar-refractivity contribution in [3.63, 3.8) is 0 Å². The van der Waals surface area contributed by atoms with Crippen molar-refractivity contribution in [2.24, 2.45) is 5.92 Å². The number of nitrogens with one attached hydrogen (secondary N) is 3. The predicted octanol–water partition coefficient (Wildman–Crippen LogP) is -1.53. The summed E-state index contributed by atoms with van der Waals surface area (Å²) in [6.07, 6.45) is 0. The fourth-order valence-corrected chi connectivity index (χ4v) is 1.49. The van der Waals surface area contributed by atoms with Crippen molar-refractivity contribution in [1.29, 1.82) is 0 Å². The summed E-state index contributed by atoms with van der Waals surface area (Å²) in [6, 6.07) is -0.326. The van der Waals surface area contributed by atoms with E-state index in [-0.39, 0.29) is 30.3 Å². The van der Waals surface area contributed by atoms with Crippen LogP contribution in [0.25, 0.3) is 0 Å². The SMILES string of the molecule is COCC(C)CNC(=O)C1CNC(=O)CN1. The summed E-state index contributed by atoms with van der Waals surface area (Å²) < 4.78 is 4.97. The first-order valence-electron chi connectivity index (χ1n) is 5.40. The summed E-state index contributed by atoms with van der Waals surface area (Å²) in [5.74, 6) is 0.131. The molecule has 6 nitrogen and oxygen atoms in total. The number of carbonyl (C=O) groups excluding carboxylic acids is 2. The summed E-state index contributed by atoms with van der Waals surface area (Å²) in [6.45, 7) is 3.75. The lowest BCUT2D eigenvalue weighted by molar-refractivity contribution is -0.126. The van der Waals surface area contributed by atoms with Gasteiger partial charge in [0, 0.05) is 20.2 Å².